The highest BCUT2D eigenvalue weighted by molar-refractivity contribution is 8.14. The summed E-state index contributed by atoms with van der Waals surface area (Å²) in [4.78, 5) is 15.4. The van der Waals surface area contributed by atoms with E-state index in [9.17, 15) is 33.3 Å². The maximum atomic E-state index is 12.5. The molecule has 0 bridgehead atoms. The summed E-state index contributed by atoms with van der Waals surface area (Å²) in [5.41, 5.74) is -1.14. The molecule has 0 saturated carbocycles. The first-order valence-electron chi connectivity index (χ1n) is 6.01. The molecule has 2 aliphatic heterocycles. The molecule has 1 amide bonds. The summed E-state index contributed by atoms with van der Waals surface area (Å²) < 4.78 is 42.6. The smallest absolute Gasteiger partial charge is 0.417 e. The van der Waals surface area contributed by atoms with Gasteiger partial charge >= 0.3 is 12.3 Å². The highest BCUT2D eigenvalue weighted by Crippen LogP contribution is 2.40. The molecule has 8 nitrogen and oxygen atoms in total. The molecule has 0 aromatic heterocycles. The molecule has 1 saturated heterocycles. The van der Waals surface area contributed by atoms with E-state index in [4.69, 9.17) is 9.84 Å². The van der Waals surface area contributed by atoms with Crippen LogP contribution in [-0.2, 0) is 4.74 Å². The van der Waals surface area contributed by atoms with Crippen molar-refractivity contribution in [3.05, 3.63) is 0 Å². The zero-order valence-electron chi connectivity index (χ0n) is 11.0. The number of aliphatic hydroxyl groups excluding tert-OH is 3. The summed E-state index contributed by atoms with van der Waals surface area (Å²) in [5.74, 6) is 0. The minimum absolute atomic E-state index is 0.0871. The first-order valence-corrected chi connectivity index (χ1v) is 6.89. The van der Waals surface area contributed by atoms with Gasteiger partial charge in [-0.05, 0) is 0 Å². The van der Waals surface area contributed by atoms with Crippen LogP contribution in [0.3, 0.4) is 0 Å². The maximum Gasteiger partial charge on any atom is 0.417 e. The third-order valence-corrected chi connectivity index (χ3v) is 4.52. The maximum absolute atomic E-state index is 12.5. The number of amides is 1. The van der Waals surface area contributed by atoms with Crippen LogP contribution in [-0.4, -0.2) is 85.7 Å². The molecular formula is C10H13F3N2O6S. The average Bonchev–Trinajstić information content (AvgIpc) is 2.84. The number of thioether (sulfide) groups is 1. The van der Waals surface area contributed by atoms with E-state index in [-0.39, 0.29) is 5.17 Å². The number of carbonyl (C=O) groups is 1. The van der Waals surface area contributed by atoms with Gasteiger partial charge in [0.1, 0.15) is 29.8 Å². The van der Waals surface area contributed by atoms with Crippen LogP contribution >= 0.6 is 11.8 Å². The van der Waals surface area contributed by atoms with Crippen molar-refractivity contribution in [1.29, 1.82) is 0 Å². The molecule has 126 valence electrons. The van der Waals surface area contributed by atoms with Gasteiger partial charge in [0.05, 0.1) is 0 Å². The Hall–Kier alpha value is -1.08. The van der Waals surface area contributed by atoms with E-state index in [0.29, 0.717) is 16.7 Å². The average molecular weight is 346 g/mol. The van der Waals surface area contributed by atoms with Crippen LogP contribution in [0, 0.1) is 0 Å². The van der Waals surface area contributed by atoms with Crippen molar-refractivity contribution in [3.8, 4) is 0 Å². The number of nitrogens with zero attached hydrogens (tertiary/aromatic N) is 2. The van der Waals surface area contributed by atoms with Crippen molar-refractivity contribution >= 4 is 23.0 Å². The first kappa shape index (κ1) is 17.3. The summed E-state index contributed by atoms with van der Waals surface area (Å²) in [6, 6.07) is -1.13. The first-order chi connectivity index (χ1) is 10.0. The standard InChI is InChI=1S/C10H13F3N2O6S/c1-15(9(19)20)8-14-2-3(16)4(17)5(21-7(2)22-8)6(18)10(11,12)13/h2-7,16-18H,1H3,(H,19,20)/t2-,3-,4+,5+,6-,7-/m1/s1. The van der Waals surface area contributed by atoms with Gasteiger partial charge in [-0.15, -0.1) is 0 Å². The molecule has 0 aromatic carbocycles. The monoisotopic (exact) mass is 346 g/mol. The quantitative estimate of drug-likeness (QED) is 0.502. The number of hydrogen-bond donors (Lipinski definition) is 4. The Morgan fingerprint density at radius 3 is 2.50 bits per heavy atom. The predicted octanol–water partition coefficient (Wildman–Crippen LogP) is -0.563. The summed E-state index contributed by atoms with van der Waals surface area (Å²) in [7, 11) is 1.16. The van der Waals surface area contributed by atoms with Crippen molar-refractivity contribution in [2.75, 3.05) is 7.05 Å². The van der Waals surface area contributed by atoms with Gasteiger partial charge in [-0.1, -0.05) is 11.8 Å². The molecule has 12 heteroatoms. The molecule has 6 atom stereocenters. The van der Waals surface area contributed by atoms with Crippen LogP contribution in [0.4, 0.5) is 18.0 Å². The Bertz CT molecular complexity index is 490. The van der Waals surface area contributed by atoms with Crippen molar-refractivity contribution in [3.63, 3.8) is 0 Å². The SMILES string of the molecule is CN(C(=O)O)C1=N[C@@H]2[C@@H](O)[C@H](O)[C@@H]([C@@H](O)C(F)(F)F)O[C@@H]2S1. The molecule has 0 unspecified atom stereocenters. The molecule has 2 heterocycles. The van der Waals surface area contributed by atoms with Crippen molar-refractivity contribution in [2.45, 2.75) is 42.1 Å². The number of aliphatic hydroxyl groups is 3. The molecule has 0 radical (unpaired) electrons. The number of ether oxygens (including phenoxy) is 1. The summed E-state index contributed by atoms with van der Waals surface area (Å²) in [6.45, 7) is 0. The second kappa shape index (κ2) is 5.85. The van der Waals surface area contributed by atoms with Crippen molar-refractivity contribution < 1.29 is 43.1 Å². The lowest BCUT2D eigenvalue weighted by molar-refractivity contribution is -0.271. The number of fused-ring (bicyclic) bond motifs is 1. The fraction of sp³-hybridized carbons (Fsp3) is 0.800. The van der Waals surface area contributed by atoms with Gasteiger partial charge in [-0.3, -0.25) is 9.89 Å². The van der Waals surface area contributed by atoms with Crippen LogP contribution in [0.1, 0.15) is 0 Å². The molecular weight excluding hydrogens is 333 g/mol. The molecule has 4 N–H and O–H groups in total. The largest absolute Gasteiger partial charge is 0.465 e. The van der Waals surface area contributed by atoms with E-state index >= 15 is 0 Å². The van der Waals surface area contributed by atoms with Crippen LogP contribution < -0.4 is 0 Å². The normalized spacial score (nSPS) is 36.5. The topological polar surface area (TPSA) is 123 Å². The highest BCUT2D eigenvalue weighted by Gasteiger charge is 2.56. The summed E-state index contributed by atoms with van der Waals surface area (Å²) in [6.07, 6.45) is -15.2. The van der Waals surface area contributed by atoms with Crippen LogP contribution in [0.15, 0.2) is 4.99 Å². The fourth-order valence-electron chi connectivity index (χ4n) is 2.06. The van der Waals surface area contributed by atoms with Crippen LogP contribution in [0.2, 0.25) is 0 Å². The number of hydrogen-bond acceptors (Lipinski definition) is 7. The summed E-state index contributed by atoms with van der Waals surface area (Å²) in [5, 5.41) is 37.5. The van der Waals surface area contributed by atoms with Crippen molar-refractivity contribution in [2.24, 2.45) is 4.99 Å². The zero-order chi connectivity index (χ0) is 16.8. The van der Waals surface area contributed by atoms with Crippen molar-refractivity contribution in [1.82, 2.24) is 4.90 Å². The van der Waals surface area contributed by atoms with E-state index in [2.05, 4.69) is 4.99 Å². The number of carboxylic acid groups (broad SMARTS) is 1. The third kappa shape index (κ3) is 3.01. The number of amidine groups is 1. The molecule has 0 spiro atoms. The lowest BCUT2D eigenvalue weighted by atomic mass is 9.94. The molecule has 0 aliphatic carbocycles. The second-order valence-electron chi connectivity index (χ2n) is 4.80. The van der Waals surface area contributed by atoms with E-state index in [1.807, 2.05) is 0 Å². The minimum Gasteiger partial charge on any atom is -0.465 e. The zero-order valence-corrected chi connectivity index (χ0v) is 11.8. The van der Waals surface area contributed by atoms with E-state index < -0.39 is 48.2 Å². The molecule has 0 aromatic rings. The van der Waals surface area contributed by atoms with E-state index in [1.54, 1.807) is 0 Å². The molecule has 2 aliphatic rings. The Morgan fingerprint density at radius 2 is 2.00 bits per heavy atom. The van der Waals surface area contributed by atoms with E-state index in [0.717, 1.165) is 7.05 Å². The van der Waals surface area contributed by atoms with Gasteiger partial charge in [0, 0.05) is 7.05 Å². The Kier molecular flexibility index (Phi) is 4.59. The van der Waals surface area contributed by atoms with Crippen LogP contribution in [0.5, 0.6) is 0 Å². The van der Waals surface area contributed by atoms with Gasteiger partial charge in [0.25, 0.3) is 0 Å². The Balaban J connectivity index is 2.18. The molecule has 2 rings (SSSR count). The predicted molar refractivity (Wildman–Crippen MR) is 67.3 cm³/mol. The lowest BCUT2D eigenvalue weighted by Gasteiger charge is -2.40. The second-order valence-corrected chi connectivity index (χ2v) is 5.86. The van der Waals surface area contributed by atoms with Gasteiger partial charge in [0.15, 0.2) is 11.3 Å². The van der Waals surface area contributed by atoms with Gasteiger partial charge in [-0.25, -0.2) is 4.79 Å². The number of halogens is 3. The molecule has 1 fully saturated rings. The Labute approximate surface area is 126 Å². The summed E-state index contributed by atoms with van der Waals surface area (Å²) >= 11 is 0.692. The Morgan fingerprint density at radius 1 is 1.41 bits per heavy atom. The molecule has 22 heavy (non-hydrogen) atoms. The fourth-order valence-corrected chi connectivity index (χ4v) is 3.24. The van der Waals surface area contributed by atoms with E-state index in [1.165, 1.54) is 0 Å². The highest BCUT2D eigenvalue weighted by atomic mass is 32.2. The third-order valence-electron chi connectivity index (χ3n) is 3.31. The van der Waals surface area contributed by atoms with Gasteiger partial charge in [0.2, 0.25) is 0 Å². The number of aliphatic imine (C=N–C) groups is 1. The number of alkyl halides is 3. The lowest BCUT2D eigenvalue weighted by Crippen LogP contribution is -2.60. The van der Waals surface area contributed by atoms with Crippen LogP contribution in [0.25, 0.3) is 0 Å². The van der Waals surface area contributed by atoms with Gasteiger partial charge < -0.3 is 25.2 Å². The van der Waals surface area contributed by atoms with Gasteiger partial charge in [-0.2, -0.15) is 13.2 Å². The minimum atomic E-state index is -5.04. The number of rotatable bonds is 1.